The minimum absolute atomic E-state index is 1.14. The molecule has 6 heteroatoms. The van der Waals surface area contributed by atoms with Gasteiger partial charge in [-0.1, -0.05) is 0 Å². The van der Waals surface area contributed by atoms with Crippen molar-refractivity contribution in [1.82, 2.24) is 0 Å². The summed E-state index contributed by atoms with van der Waals surface area (Å²) >= 11 is 11.7. The number of rotatable bonds is 0. The van der Waals surface area contributed by atoms with E-state index in [9.17, 15) is 0 Å². The lowest BCUT2D eigenvalue weighted by Gasteiger charge is -2.07. The van der Waals surface area contributed by atoms with Crippen LogP contribution in [0.25, 0.3) is 0 Å². The quantitative estimate of drug-likeness (QED) is 0.298. The normalized spacial score (nSPS) is 16.4. The van der Waals surface area contributed by atoms with Crippen LogP contribution in [0, 0.1) is 0 Å². The second kappa shape index (κ2) is 12.7. The lowest BCUT2D eigenvalue weighted by molar-refractivity contribution is 1.32. The fourth-order valence-electron chi connectivity index (χ4n) is 2.85. The molecule has 4 heterocycles. The second-order valence-electron chi connectivity index (χ2n) is 6.50. The van der Waals surface area contributed by atoms with Crippen molar-refractivity contribution in [2.45, 2.75) is 29.4 Å². The zero-order valence-corrected chi connectivity index (χ0v) is 21.5. The first kappa shape index (κ1) is 22.9. The Labute approximate surface area is 205 Å². The van der Waals surface area contributed by atoms with Gasteiger partial charge < -0.3 is 0 Å². The van der Waals surface area contributed by atoms with Crippen molar-refractivity contribution >= 4 is 70.6 Å². The van der Waals surface area contributed by atoms with E-state index in [1.165, 1.54) is 29.4 Å². The van der Waals surface area contributed by atoms with Crippen molar-refractivity contribution in [3.8, 4) is 0 Å². The van der Waals surface area contributed by atoms with Crippen LogP contribution in [0.5, 0.6) is 0 Å². The molecule has 7 rings (SSSR count). The van der Waals surface area contributed by atoms with Crippen LogP contribution in [-0.4, -0.2) is 34.5 Å². The largest absolute Gasteiger partial charge is 0.125 e. The molecule has 0 spiro atoms. The highest BCUT2D eigenvalue weighted by molar-refractivity contribution is 8.04. The molecule has 0 N–H and O–H groups in total. The van der Waals surface area contributed by atoms with Gasteiger partial charge in [0.2, 0.25) is 0 Å². The highest BCUT2D eigenvalue weighted by Crippen LogP contribution is 2.30. The van der Waals surface area contributed by atoms with Crippen molar-refractivity contribution < 1.29 is 0 Å². The van der Waals surface area contributed by atoms with Crippen LogP contribution in [0.15, 0.2) is 102 Å². The summed E-state index contributed by atoms with van der Waals surface area (Å²) in [6, 6.07) is 27.2. The van der Waals surface area contributed by atoms with Crippen LogP contribution in [0.4, 0.5) is 0 Å². The lowest BCUT2D eigenvalue weighted by Crippen LogP contribution is -1.87. The van der Waals surface area contributed by atoms with E-state index in [0.717, 1.165) is 34.5 Å². The maximum atomic E-state index is 2.27. The van der Waals surface area contributed by atoms with E-state index in [0.29, 0.717) is 0 Å². The van der Waals surface area contributed by atoms with E-state index in [4.69, 9.17) is 0 Å². The molecule has 0 amide bonds. The Morgan fingerprint density at radius 3 is 0.533 bits per heavy atom. The van der Waals surface area contributed by atoms with Gasteiger partial charge in [-0.05, 0) is 72.8 Å². The molecule has 156 valence electrons. The summed E-state index contributed by atoms with van der Waals surface area (Å²) in [7, 11) is 0. The minimum Gasteiger partial charge on any atom is -0.125 e. The molecular formula is C24H24S6. The van der Waals surface area contributed by atoms with Gasteiger partial charge in [-0.3, -0.25) is 0 Å². The molecule has 3 aromatic carbocycles. The molecule has 4 aliphatic heterocycles. The van der Waals surface area contributed by atoms with Gasteiger partial charge in [0, 0.05) is 63.9 Å². The summed E-state index contributed by atoms with van der Waals surface area (Å²) in [6.45, 7) is 0. The lowest BCUT2D eigenvalue weighted by atomic mass is 10.4. The number of hydrogen-bond acceptors (Lipinski definition) is 6. The van der Waals surface area contributed by atoms with Crippen molar-refractivity contribution in [2.75, 3.05) is 34.5 Å². The average molecular weight is 505 g/mol. The summed E-state index contributed by atoms with van der Waals surface area (Å²) in [6.07, 6.45) is 0. The third kappa shape index (κ3) is 7.72. The maximum absolute atomic E-state index is 2.27. The van der Waals surface area contributed by atoms with Crippen molar-refractivity contribution in [2.24, 2.45) is 0 Å². The van der Waals surface area contributed by atoms with Gasteiger partial charge in [-0.2, -0.15) is 0 Å². The predicted molar refractivity (Wildman–Crippen MR) is 144 cm³/mol. The first-order valence-corrected chi connectivity index (χ1v) is 15.8. The molecule has 6 bridgehead atoms. The summed E-state index contributed by atoms with van der Waals surface area (Å²) < 4.78 is 0. The number of benzene rings is 3. The third-order valence-electron chi connectivity index (χ3n) is 4.33. The van der Waals surface area contributed by atoms with E-state index in [1.807, 2.05) is 70.6 Å². The smallest absolute Gasteiger partial charge is 0.00745 e. The summed E-state index contributed by atoms with van der Waals surface area (Å²) in [5.74, 6) is 6.83. The van der Waals surface area contributed by atoms with Crippen molar-refractivity contribution in [3.05, 3.63) is 72.8 Å². The van der Waals surface area contributed by atoms with Crippen LogP contribution in [0.3, 0.4) is 0 Å². The molecular weight excluding hydrogens is 481 g/mol. The fraction of sp³-hybridized carbons (Fsp3) is 0.250. The number of thioether (sulfide) groups is 6. The topological polar surface area (TPSA) is 0 Å². The standard InChI is InChI=1S/C24H24S6/c1-2-20-4-3-19(1)25-13-14-27-21-5-7-23(8-6-21)29-17-18-30-24-11-9-22(10-12-24)28-16-15-26-20/h1-12H,13-18H2. The van der Waals surface area contributed by atoms with Gasteiger partial charge in [-0.25, -0.2) is 0 Å². The van der Waals surface area contributed by atoms with Gasteiger partial charge in [0.25, 0.3) is 0 Å². The van der Waals surface area contributed by atoms with Gasteiger partial charge >= 0.3 is 0 Å². The molecule has 3 aromatic rings. The van der Waals surface area contributed by atoms with Gasteiger partial charge in [0.05, 0.1) is 0 Å². The maximum Gasteiger partial charge on any atom is 0.00745 e. The molecule has 0 aliphatic carbocycles. The van der Waals surface area contributed by atoms with Crippen LogP contribution >= 0.6 is 70.6 Å². The molecule has 0 fully saturated rings. The zero-order chi connectivity index (χ0) is 20.4. The molecule has 30 heavy (non-hydrogen) atoms. The van der Waals surface area contributed by atoms with E-state index in [1.54, 1.807) is 0 Å². The molecule has 0 aromatic heterocycles. The molecule has 0 nitrogen and oxygen atoms in total. The Morgan fingerprint density at radius 1 is 0.267 bits per heavy atom. The van der Waals surface area contributed by atoms with Crippen molar-refractivity contribution in [3.63, 3.8) is 0 Å². The third-order valence-corrected chi connectivity index (χ3v) is 11.2. The van der Waals surface area contributed by atoms with E-state index in [2.05, 4.69) is 72.8 Å². The molecule has 0 saturated heterocycles. The fourth-order valence-corrected chi connectivity index (χ4v) is 8.24. The second-order valence-corrected chi connectivity index (χ2v) is 13.5. The molecule has 0 unspecified atom stereocenters. The molecule has 0 atom stereocenters. The first-order valence-electron chi connectivity index (χ1n) is 9.92. The SMILES string of the molecule is c1cc2ccc1SCCSc1ccc(cc1)SCCSc1ccc(cc1)SCCS2. The molecule has 4 aliphatic rings. The summed E-state index contributed by atoms with van der Waals surface area (Å²) in [5.41, 5.74) is 0. The Kier molecular flexibility index (Phi) is 9.72. The predicted octanol–water partition coefficient (Wildman–Crippen LogP) is 8.65. The monoisotopic (exact) mass is 504 g/mol. The minimum atomic E-state index is 1.14. The highest BCUT2D eigenvalue weighted by Gasteiger charge is 2.02. The number of hydrogen-bond donors (Lipinski definition) is 0. The van der Waals surface area contributed by atoms with Crippen LogP contribution in [-0.2, 0) is 0 Å². The molecule has 0 radical (unpaired) electrons. The Balaban J connectivity index is 1.39. The van der Waals surface area contributed by atoms with E-state index >= 15 is 0 Å². The zero-order valence-electron chi connectivity index (χ0n) is 16.6. The number of fused-ring (bicyclic) bond motifs is 2. The van der Waals surface area contributed by atoms with Gasteiger partial charge in [-0.15, -0.1) is 70.6 Å². The van der Waals surface area contributed by atoms with Crippen molar-refractivity contribution in [1.29, 1.82) is 0 Å². The van der Waals surface area contributed by atoms with Gasteiger partial charge in [0.15, 0.2) is 0 Å². The first-order chi connectivity index (χ1) is 14.8. The Hall–Kier alpha value is -0.240. The van der Waals surface area contributed by atoms with Crippen LogP contribution in [0.2, 0.25) is 0 Å². The Morgan fingerprint density at radius 2 is 0.400 bits per heavy atom. The highest BCUT2D eigenvalue weighted by atomic mass is 32.2. The van der Waals surface area contributed by atoms with E-state index in [-0.39, 0.29) is 0 Å². The van der Waals surface area contributed by atoms with Crippen LogP contribution in [0.1, 0.15) is 0 Å². The van der Waals surface area contributed by atoms with Gasteiger partial charge in [0.1, 0.15) is 0 Å². The summed E-state index contributed by atoms with van der Waals surface area (Å²) in [5, 5.41) is 0. The van der Waals surface area contributed by atoms with E-state index < -0.39 is 0 Å². The molecule has 0 saturated carbocycles. The Bertz CT molecular complexity index is 693. The van der Waals surface area contributed by atoms with Crippen LogP contribution < -0.4 is 0 Å². The summed E-state index contributed by atoms with van der Waals surface area (Å²) in [4.78, 5) is 8.21. The average Bonchev–Trinajstić information content (AvgIpc) is 2.79.